The van der Waals surface area contributed by atoms with Gasteiger partial charge in [0.05, 0.1) is 13.2 Å². The lowest BCUT2D eigenvalue weighted by Gasteiger charge is -2.51. The fourth-order valence-corrected chi connectivity index (χ4v) is 10.8. The fourth-order valence-electron chi connectivity index (χ4n) is 10.8. The van der Waals surface area contributed by atoms with Crippen LogP contribution >= 0.6 is 0 Å². The van der Waals surface area contributed by atoms with Gasteiger partial charge in [-0.3, -0.25) is 0 Å². The molecule has 8 aliphatic carbocycles. The third kappa shape index (κ3) is 6.25. The van der Waals surface area contributed by atoms with Crippen LogP contribution in [0.1, 0.15) is 141 Å². The Labute approximate surface area is 257 Å². The topological polar surface area (TPSA) is 18.5 Å². The first-order valence-corrected chi connectivity index (χ1v) is 18.5. The molecule has 8 aliphatic rings. The number of benzene rings is 1. The summed E-state index contributed by atoms with van der Waals surface area (Å²) in [7, 11) is 0. The molecule has 0 unspecified atom stereocenters. The summed E-state index contributed by atoms with van der Waals surface area (Å²) in [6, 6.07) is 4.81. The molecule has 0 radical (unpaired) electrons. The van der Waals surface area contributed by atoms with E-state index in [1.54, 1.807) is 11.1 Å². The molecule has 0 aliphatic heterocycles. The Balaban J connectivity index is 1.21. The minimum Gasteiger partial charge on any atom is -0.493 e. The highest BCUT2D eigenvalue weighted by Gasteiger charge is 2.46. The monoisotopic (exact) mass is 570 g/mol. The van der Waals surface area contributed by atoms with Crippen molar-refractivity contribution in [3.63, 3.8) is 0 Å². The first-order valence-electron chi connectivity index (χ1n) is 18.5. The molecule has 0 atom stereocenters. The molecule has 2 heteroatoms. The smallest absolute Gasteiger partial charge is 0.127 e. The van der Waals surface area contributed by atoms with Crippen LogP contribution in [0.2, 0.25) is 0 Å². The van der Waals surface area contributed by atoms with E-state index in [9.17, 15) is 0 Å². The average Bonchev–Trinajstić information content (AvgIpc) is 2.97. The van der Waals surface area contributed by atoms with E-state index < -0.39 is 0 Å². The Hall–Kier alpha value is -1.70. The van der Waals surface area contributed by atoms with E-state index in [2.05, 4.69) is 38.1 Å². The Morgan fingerprint density at radius 1 is 0.500 bits per heavy atom. The molecular weight excluding hydrogens is 512 g/mol. The summed E-state index contributed by atoms with van der Waals surface area (Å²) >= 11 is 0. The summed E-state index contributed by atoms with van der Waals surface area (Å²) in [6.07, 6.45) is 29.7. The highest BCUT2D eigenvalue weighted by atomic mass is 16.5. The van der Waals surface area contributed by atoms with E-state index >= 15 is 0 Å². The van der Waals surface area contributed by atoms with Gasteiger partial charge in [0.15, 0.2) is 0 Å². The Morgan fingerprint density at radius 2 is 0.857 bits per heavy atom. The van der Waals surface area contributed by atoms with Crippen molar-refractivity contribution in [3.05, 3.63) is 34.4 Å². The van der Waals surface area contributed by atoms with Crippen LogP contribution in [-0.2, 0) is 0 Å². The predicted molar refractivity (Wildman–Crippen MR) is 176 cm³/mol. The number of ether oxygens (including phenoxy) is 2. The van der Waals surface area contributed by atoms with Crippen LogP contribution in [-0.4, -0.2) is 13.2 Å². The van der Waals surface area contributed by atoms with Crippen molar-refractivity contribution in [3.8, 4) is 11.5 Å². The molecule has 2 nitrogen and oxygen atoms in total. The van der Waals surface area contributed by atoms with Crippen LogP contribution < -0.4 is 9.47 Å². The predicted octanol–water partition coefficient (Wildman–Crippen LogP) is 11.3. The maximum Gasteiger partial charge on any atom is 0.127 e. The lowest BCUT2D eigenvalue weighted by atomic mass is 9.54. The normalized spacial score (nSPS) is 33.9. The first kappa shape index (κ1) is 29.0. The summed E-state index contributed by atoms with van der Waals surface area (Å²) in [5.74, 6) is 9.46. The summed E-state index contributed by atoms with van der Waals surface area (Å²) in [5, 5.41) is 0. The maximum atomic E-state index is 6.71. The van der Waals surface area contributed by atoms with Gasteiger partial charge in [0.1, 0.15) is 11.5 Å². The van der Waals surface area contributed by atoms with E-state index in [-0.39, 0.29) is 0 Å². The van der Waals surface area contributed by atoms with E-state index in [4.69, 9.17) is 9.47 Å². The molecule has 0 heterocycles. The second kappa shape index (κ2) is 13.1. The molecule has 9 rings (SSSR count). The van der Waals surface area contributed by atoms with Crippen molar-refractivity contribution in [1.29, 1.82) is 0 Å². The fraction of sp³-hybridized carbons (Fsp3) is 0.750. The van der Waals surface area contributed by atoms with Gasteiger partial charge in [-0.1, -0.05) is 75.7 Å². The van der Waals surface area contributed by atoms with Gasteiger partial charge in [-0.05, 0) is 137 Å². The van der Waals surface area contributed by atoms with Crippen molar-refractivity contribution < 1.29 is 9.47 Å². The zero-order chi connectivity index (χ0) is 28.5. The van der Waals surface area contributed by atoms with Crippen LogP contribution in [0.3, 0.4) is 0 Å². The third-order valence-corrected chi connectivity index (χ3v) is 12.5. The number of allylic oxidation sites excluding steroid dienone is 2. The minimum absolute atomic E-state index is 0.812. The van der Waals surface area contributed by atoms with Crippen molar-refractivity contribution in [2.45, 2.75) is 129 Å². The quantitative estimate of drug-likeness (QED) is 0.207. The molecule has 8 fully saturated rings. The van der Waals surface area contributed by atoms with Crippen molar-refractivity contribution in [2.24, 2.45) is 47.3 Å². The van der Waals surface area contributed by atoms with Crippen LogP contribution in [0.15, 0.2) is 23.3 Å². The second-order valence-electron chi connectivity index (χ2n) is 15.6. The molecule has 1 aromatic rings. The molecule has 0 spiro atoms. The Kier molecular flexibility index (Phi) is 9.07. The highest BCUT2D eigenvalue weighted by molar-refractivity contribution is 5.71. The number of hydrogen-bond acceptors (Lipinski definition) is 2. The third-order valence-electron chi connectivity index (χ3n) is 12.5. The van der Waals surface area contributed by atoms with Crippen LogP contribution in [0, 0.1) is 47.3 Å². The van der Waals surface area contributed by atoms with Crippen LogP contribution in [0.25, 0.3) is 12.2 Å². The van der Waals surface area contributed by atoms with Gasteiger partial charge >= 0.3 is 0 Å². The van der Waals surface area contributed by atoms with E-state index in [1.807, 2.05) is 0 Å². The Bertz CT molecular complexity index is 991. The lowest BCUT2D eigenvalue weighted by molar-refractivity contribution is 0.0709. The SMILES string of the molecule is CCCCCCOc1cc(C=C2C3CC4CC(C3)CC2C4)c(OCCCCCC)cc1C=C1C2CC3CC(C2)CC1C3. The largest absolute Gasteiger partial charge is 0.493 e. The van der Waals surface area contributed by atoms with Crippen LogP contribution in [0.4, 0.5) is 0 Å². The van der Waals surface area contributed by atoms with Gasteiger partial charge in [0, 0.05) is 11.1 Å². The molecule has 8 saturated carbocycles. The molecule has 8 bridgehead atoms. The average molecular weight is 571 g/mol. The minimum atomic E-state index is 0.812. The van der Waals surface area contributed by atoms with Gasteiger partial charge in [0.2, 0.25) is 0 Å². The number of rotatable bonds is 14. The van der Waals surface area contributed by atoms with Crippen molar-refractivity contribution >= 4 is 12.2 Å². The zero-order valence-electron chi connectivity index (χ0n) is 26.9. The van der Waals surface area contributed by atoms with Crippen LogP contribution in [0.5, 0.6) is 11.5 Å². The summed E-state index contributed by atoms with van der Waals surface area (Å²) < 4.78 is 13.4. The zero-order valence-corrected chi connectivity index (χ0v) is 26.9. The van der Waals surface area contributed by atoms with Gasteiger partial charge in [0.25, 0.3) is 0 Å². The molecule has 230 valence electrons. The molecule has 0 saturated heterocycles. The molecule has 0 N–H and O–H groups in total. The number of unbranched alkanes of at least 4 members (excludes halogenated alkanes) is 6. The van der Waals surface area contributed by atoms with Gasteiger partial charge in [-0.25, -0.2) is 0 Å². The van der Waals surface area contributed by atoms with E-state index in [1.165, 1.54) is 114 Å². The standard InChI is InChI=1S/C40H58O2/c1-3-5-7-9-11-41-39-25-36(24-38-33-19-29-14-30(21-33)22-34(38)20-29)40(42-12-10-8-6-4-2)26-35(39)23-37-31-15-27-13-28(17-31)18-32(37)16-27/h23-34H,3-22H2,1-2H3. The molecule has 0 aromatic heterocycles. The molecule has 1 aromatic carbocycles. The van der Waals surface area contributed by atoms with Crippen molar-refractivity contribution in [1.82, 2.24) is 0 Å². The van der Waals surface area contributed by atoms with Gasteiger partial charge in [-0.2, -0.15) is 0 Å². The van der Waals surface area contributed by atoms with E-state index in [0.29, 0.717) is 0 Å². The first-order chi connectivity index (χ1) is 20.7. The number of hydrogen-bond donors (Lipinski definition) is 0. The highest BCUT2D eigenvalue weighted by Crippen LogP contribution is 2.58. The summed E-state index contributed by atoms with van der Waals surface area (Å²) in [5.41, 5.74) is 6.09. The summed E-state index contributed by atoms with van der Waals surface area (Å²) in [6.45, 7) is 6.24. The Morgan fingerprint density at radius 3 is 1.19 bits per heavy atom. The molecule has 42 heavy (non-hydrogen) atoms. The molecule has 0 amide bonds. The van der Waals surface area contributed by atoms with Gasteiger partial charge < -0.3 is 9.47 Å². The second-order valence-corrected chi connectivity index (χ2v) is 15.6. The molecular formula is C40H58O2. The van der Waals surface area contributed by atoms with Gasteiger partial charge in [-0.15, -0.1) is 0 Å². The summed E-state index contributed by atoms with van der Waals surface area (Å²) in [4.78, 5) is 0. The maximum absolute atomic E-state index is 6.71. The lowest BCUT2D eigenvalue weighted by Crippen LogP contribution is -2.40. The van der Waals surface area contributed by atoms with Crippen molar-refractivity contribution in [2.75, 3.05) is 13.2 Å². The van der Waals surface area contributed by atoms with E-state index in [0.717, 1.165) is 84.9 Å².